The Labute approximate surface area is 98.3 Å². The fourth-order valence-electron chi connectivity index (χ4n) is 1.70. The highest BCUT2D eigenvalue weighted by atomic mass is 16.5. The maximum atomic E-state index is 5.42. The van der Waals surface area contributed by atoms with Gasteiger partial charge in [-0.1, -0.05) is 31.2 Å². The van der Waals surface area contributed by atoms with Crippen LogP contribution >= 0.6 is 0 Å². The highest BCUT2D eigenvalue weighted by molar-refractivity contribution is 5.32. The molecule has 1 aromatic rings. The first-order chi connectivity index (χ1) is 7.69. The van der Waals surface area contributed by atoms with Crippen molar-refractivity contribution < 1.29 is 4.74 Å². The van der Waals surface area contributed by atoms with Crippen LogP contribution in [0.5, 0.6) is 5.75 Å². The molecule has 0 aliphatic carbocycles. The minimum absolute atomic E-state index is 0.237. The molecule has 0 radical (unpaired) electrons. The van der Waals surface area contributed by atoms with Crippen LogP contribution in [0.25, 0.3) is 0 Å². The molecule has 1 rings (SSSR count). The van der Waals surface area contributed by atoms with Crippen molar-refractivity contribution in [1.82, 2.24) is 5.32 Å². The van der Waals surface area contributed by atoms with E-state index < -0.39 is 0 Å². The second-order valence-corrected chi connectivity index (χ2v) is 3.84. The Balaban J connectivity index is 2.81. The normalized spacial score (nSPS) is 12.2. The number of hydrogen-bond acceptors (Lipinski definition) is 2. The zero-order valence-electron chi connectivity index (χ0n) is 10.4. The number of rotatable bonds is 6. The predicted octanol–water partition coefficient (Wildman–Crippen LogP) is 3.31. The first-order valence-electron chi connectivity index (χ1n) is 5.80. The summed E-state index contributed by atoms with van der Waals surface area (Å²) in [5.41, 5.74) is 2.36. The predicted molar refractivity (Wildman–Crippen MR) is 68.8 cm³/mol. The zero-order valence-corrected chi connectivity index (χ0v) is 10.4. The third-order valence-corrected chi connectivity index (χ3v) is 2.43. The highest BCUT2D eigenvalue weighted by Crippen LogP contribution is 2.22. The van der Waals surface area contributed by atoms with Crippen molar-refractivity contribution in [3.8, 4) is 5.75 Å². The fraction of sp³-hybridized carbons (Fsp3) is 0.429. The molecule has 0 amide bonds. The van der Waals surface area contributed by atoms with E-state index in [1.54, 1.807) is 0 Å². The standard InChI is InChI=1S/C14H21NO/c1-5-15-14(11(3)4)12-7-9-13(10-8-12)16-6-2/h7-10,14-15H,3,5-6H2,1-2,4H3. The molecule has 16 heavy (non-hydrogen) atoms. The summed E-state index contributed by atoms with van der Waals surface area (Å²) in [5.74, 6) is 0.920. The number of hydrogen-bond donors (Lipinski definition) is 1. The van der Waals surface area contributed by atoms with Crippen LogP contribution in [-0.2, 0) is 0 Å². The number of ether oxygens (including phenoxy) is 1. The minimum Gasteiger partial charge on any atom is -0.494 e. The summed E-state index contributed by atoms with van der Waals surface area (Å²) in [6.45, 7) is 11.8. The maximum absolute atomic E-state index is 5.42. The smallest absolute Gasteiger partial charge is 0.119 e. The SMILES string of the molecule is C=C(C)C(NCC)c1ccc(OCC)cc1. The third-order valence-electron chi connectivity index (χ3n) is 2.43. The van der Waals surface area contributed by atoms with Crippen LogP contribution in [0.1, 0.15) is 32.4 Å². The molecule has 1 N–H and O–H groups in total. The first kappa shape index (κ1) is 12.8. The van der Waals surface area contributed by atoms with Crippen molar-refractivity contribution in [1.29, 1.82) is 0 Å². The molecule has 1 aromatic carbocycles. The van der Waals surface area contributed by atoms with Gasteiger partial charge in [0.15, 0.2) is 0 Å². The molecule has 1 atom stereocenters. The molecule has 0 spiro atoms. The molecule has 0 aliphatic heterocycles. The van der Waals surface area contributed by atoms with Crippen LogP contribution in [0, 0.1) is 0 Å². The average molecular weight is 219 g/mol. The summed E-state index contributed by atoms with van der Waals surface area (Å²) in [6, 6.07) is 8.43. The first-order valence-corrected chi connectivity index (χ1v) is 5.80. The molecule has 2 heteroatoms. The molecular weight excluding hydrogens is 198 g/mol. The van der Waals surface area contributed by atoms with E-state index in [2.05, 4.69) is 31.0 Å². The number of likely N-dealkylation sites (N-methyl/N-ethyl adjacent to an activating group) is 1. The summed E-state index contributed by atoms with van der Waals surface area (Å²) >= 11 is 0. The van der Waals surface area contributed by atoms with Crippen LogP contribution in [0.4, 0.5) is 0 Å². The fourth-order valence-corrected chi connectivity index (χ4v) is 1.70. The van der Waals surface area contributed by atoms with Gasteiger partial charge >= 0.3 is 0 Å². The van der Waals surface area contributed by atoms with Crippen molar-refractivity contribution in [3.63, 3.8) is 0 Å². The van der Waals surface area contributed by atoms with Crippen LogP contribution in [0.15, 0.2) is 36.4 Å². The third kappa shape index (κ3) is 3.38. The van der Waals surface area contributed by atoms with Crippen LogP contribution in [0.3, 0.4) is 0 Å². The number of benzene rings is 1. The molecule has 0 saturated heterocycles. The van der Waals surface area contributed by atoms with Crippen LogP contribution in [-0.4, -0.2) is 13.2 Å². The second kappa shape index (κ2) is 6.33. The van der Waals surface area contributed by atoms with Crippen LogP contribution in [0.2, 0.25) is 0 Å². The monoisotopic (exact) mass is 219 g/mol. The Bertz CT molecular complexity index is 329. The van der Waals surface area contributed by atoms with Crippen molar-refractivity contribution >= 4 is 0 Å². The van der Waals surface area contributed by atoms with Gasteiger partial charge in [-0.3, -0.25) is 0 Å². The lowest BCUT2D eigenvalue weighted by Crippen LogP contribution is -2.21. The summed E-state index contributed by atoms with van der Waals surface area (Å²) in [6.07, 6.45) is 0. The van der Waals surface area contributed by atoms with E-state index in [0.29, 0.717) is 6.61 Å². The zero-order chi connectivity index (χ0) is 12.0. The van der Waals surface area contributed by atoms with E-state index in [0.717, 1.165) is 17.9 Å². The van der Waals surface area contributed by atoms with Gasteiger partial charge in [0, 0.05) is 0 Å². The summed E-state index contributed by atoms with van der Waals surface area (Å²) in [7, 11) is 0. The molecule has 1 unspecified atom stereocenters. The Morgan fingerprint density at radius 1 is 1.31 bits per heavy atom. The molecular formula is C14H21NO. The van der Waals surface area contributed by atoms with Crippen molar-refractivity contribution in [3.05, 3.63) is 42.0 Å². The van der Waals surface area contributed by atoms with E-state index in [9.17, 15) is 0 Å². The Morgan fingerprint density at radius 2 is 1.94 bits per heavy atom. The molecule has 0 fully saturated rings. The Morgan fingerprint density at radius 3 is 2.38 bits per heavy atom. The van der Waals surface area contributed by atoms with Gasteiger partial charge < -0.3 is 10.1 Å². The van der Waals surface area contributed by atoms with Crippen LogP contribution < -0.4 is 10.1 Å². The van der Waals surface area contributed by atoms with Crippen molar-refractivity contribution in [2.45, 2.75) is 26.8 Å². The van der Waals surface area contributed by atoms with Gasteiger partial charge in [0.1, 0.15) is 5.75 Å². The van der Waals surface area contributed by atoms with Crippen molar-refractivity contribution in [2.75, 3.05) is 13.2 Å². The lowest BCUT2D eigenvalue weighted by Gasteiger charge is -2.18. The van der Waals surface area contributed by atoms with E-state index in [4.69, 9.17) is 4.74 Å². The van der Waals surface area contributed by atoms with Gasteiger partial charge in [0.25, 0.3) is 0 Å². The largest absolute Gasteiger partial charge is 0.494 e. The summed E-state index contributed by atoms with van der Waals surface area (Å²) in [4.78, 5) is 0. The van der Waals surface area contributed by atoms with Gasteiger partial charge in [0.05, 0.1) is 12.6 Å². The molecule has 88 valence electrons. The van der Waals surface area contributed by atoms with Gasteiger partial charge in [-0.2, -0.15) is 0 Å². The molecule has 0 heterocycles. The topological polar surface area (TPSA) is 21.3 Å². The van der Waals surface area contributed by atoms with Crippen molar-refractivity contribution in [2.24, 2.45) is 0 Å². The lowest BCUT2D eigenvalue weighted by atomic mass is 10.0. The molecule has 0 saturated carbocycles. The summed E-state index contributed by atoms with van der Waals surface area (Å²) in [5, 5.41) is 3.41. The quantitative estimate of drug-likeness (QED) is 0.741. The van der Waals surface area contributed by atoms with E-state index in [1.807, 2.05) is 26.0 Å². The molecule has 2 nitrogen and oxygen atoms in total. The maximum Gasteiger partial charge on any atom is 0.119 e. The van der Waals surface area contributed by atoms with Gasteiger partial charge in [-0.05, 0) is 38.1 Å². The van der Waals surface area contributed by atoms with E-state index >= 15 is 0 Å². The Kier molecular flexibility index (Phi) is 5.06. The average Bonchev–Trinajstić information content (AvgIpc) is 2.27. The van der Waals surface area contributed by atoms with E-state index in [-0.39, 0.29) is 6.04 Å². The molecule has 0 aliphatic rings. The second-order valence-electron chi connectivity index (χ2n) is 3.84. The minimum atomic E-state index is 0.237. The Hall–Kier alpha value is -1.28. The van der Waals surface area contributed by atoms with Gasteiger partial charge in [-0.15, -0.1) is 0 Å². The number of nitrogens with one attached hydrogen (secondary N) is 1. The molecule has 0 bridgehead atoms. The van der Waals surface area contributed by atoms with Gasteiger partial charge in [-0.25, -0.2) is 0 Å². The summed E-state index contributed by atoms with van der Waals surface area (Å²) < 4.78 is 5.42. The van der Waals surface area contributed by atoms with E-state index in [1.165, 1.54) is 5.56 Å². The molecule has 0 aromatic heterocycles. The highest BCUT2D eigenvalue weighted by Gasteiger charge is 2.10. The van der Waals surface area contributed by atoms with Gasteiger partial charge in [0.2, 0.25) is 0 Å². The lowest BCUT2D eigenvalue weighted by molar-refractivity contribution is 0.340.